The Balaban J connectivity index is 1.97. The van der Waals surface area contributed by atoms with E-state index in [1.807, 2.05) is 24.3 Å². The number of hydrogen-bond acceptors (Lipinski definition) is 3. The minimum atomic E-state index is 0.0946. The Morgan fingerprint density at radius 3 is 2.53 bits per heavy atom. The molecule has 0 saturated carbocycles. The maximum Gasteiger partial charge on any atom is 0.0681 e. The Bertz CT molecular complexity index is 473. The summed E-state index contributed by atoms with van der Waals surface area (Å²) in [6.07, 6.45) is 0. The molecule has 2 aromatic rings. The average molecular weight is 312 g/mol. The SMILES string of the molecule is Cc1sc(CNc2ccc(CO)cc2)cc1Br. The fourth-order valence-electron chi connectivity index (χ4n) is 1.52. The molecular weight excluding hydrogens is 298 g/mol. The number of rotatable bonds is 4. The summed E-state index contributed by atoms with van der Waals surface area (Å²) in [6, 6.07) is 9.98. The second-order valence-electron chi connectivity index (χ2n) is 3.83. The molecule has 0 atom stereocenters. The van der Waals surface area contributed by atoms with Gasteiger partial charge in [-0.3, -0.25) is 0 Å². The highest BCUT2D eigenvalue weighted by Crippen LogP contribution is 2.26. The molecule has 0 bridgehead atoms. The summed E-state index contributed by atoms with van der Waals surface area (Å²) >= 11 is 5.31. The van der Waals surface area contributed by atoms with E-state index in [4.69, 9.17) is 5.11 Å². The topological polar surface area (TPSA) is 32.3 Å². The number of aliphatic hydroxyl groups excluding tert-OH is 1. The highest BCUT2D eigenvalue weighted by molar-refractivity contribution is 9.10. The van der Waals surface area contributed by atoms with Crippen molar-refractivity contribution in [2.45, 2.75) is 20.1 Å². The highest BCUT2D eigenvalue weighted by Gasteiger charge is 2.02. The van der Waals surface area contributed by atoms with E-state index in [1.165, 1.54) is 14.2 Å². The largest absolute Gasteiger partial charge is 0.392 e. The highest BCUT2D eigenvalue weighted by atomic mass is 79.9. The van der Waals surface area contributed by atoms with Crippen molar-refractivity contribution in [3.63, 3.8) is 0 Å². The van der Waals surface area contributed by atoms with E-state index in [2.05, 4.69) is 34.2 Å². The third kappa shape index (κ3) is 3.31. The molecule has 1 aromatic heterocycles. The van der Waals surface area contributed by atoms with Crippen LogP contribution in [0.4, 0.5) is 5.69 Å². The summed E-state index contributed by atoms with van der Waals surface area (Å²) in [4.78, 5) is 2.61. The van der Waals surface area contributed by atoms with Crippen LogP contribution in [-0.2, 0) is 13.2 Å². The van der Waals surface area contributed by atoms with Crippen LogP contribution in [-0.4, -0.2) is 5.11 Å². The van der Waals surface area contributed by atoms with Crippen molar-refractivity contribution < 1.29 is 5.11 Å². The predicted molar refractivity (Wildman–Crippen MR) is 76.4 cm³/mol. The number of nitrogens with one attached hydrogen (secondary N) is 1. The first-order valence-electron chi connectivity index (χ1n) is 5.37. The Kier molecular flexibility index (Phi) is 4.20. The molecule has 1 aromatic carbocycles. The number of aliphatic hydroxyl groups is 1. The number of aryl methyl sites for hydroxylation is 1. The van der Waals surface area contributed by atoms with Gasteiger partial charge in [-0.05, 0) is 46.6 Å². The lowest BCUT2D eigenvalue weighted by atomic mass is 10.2. The molecule has 0 radical (unpaired) electrons. The molecule has 2 N–H and O–H groups in total. The lowest BCUT2D eigenvalue weighted by molar-refractivity contribution is 0.282. The van der Waals surface area contributed by atoms with Crippen molar-refractivity contribution >= 4 is 33.0 Å². The second kappa shape index (κ2) is 5.67. The smallest absolute Gasteiger partial charge is 0.0681 e. The molecular formula is C13H14BrNOS. The number of anilines is 1. The van der Waals surface area contributed by atoms with Gasteiger partial charge < -0.3 is 10.4 Å². The Morgan fingerprint density at radius 1 is 1.29 bits per heavy atom. The maximum absolute atomic E-state index is 8.95. The van der Waals surface area contributed by atoms with E-state index in [-0.39, 0.29) is 6.61 Å². The second-order valence-corrected chi connectivity index (χ2v) is 6.02. The van der Waals surface area contributed by atoms with Crippen LogP contribution in [0.5, 0.6) is 0 Å². The third-order valence-corrected chi connectivity index (χ3v) is 4.65. The van der Waals surface area contributed by atoms with Crippen molar-refractivity contribution in [3.8, 4) is 0 Å². The van der Waals surface area contributed by atoms with Crippen LogP contribution in [0.25, 0.3) is 0 Å². The van der Waals surface area contributed by atoms with E-state index >= 15 is 0 Å². The molecule has 0 unspecified atom stereocenters. The number of thiophene rings is 1. The average Bonchev–Trinajstić information content (AvgIpc) is 2.67. The molecule has 0 saturated heterocycles. The first-order valence-corrected chi connectivity index (χ1v) is 6.98. The van der Waals surface area contributed by atoms with E-state index in [0.29, 0.717) is 0 Å². The van der Waals surface area contributed by atoms with Crippen molar-refractivity contribution in [3.05, 3.63) is 50.1 Å². The molecule has 0 amide bonds. The first-order chi connectivity index (χ1) is 8.19. The van der Waals surface area contributed by atoms with Crippen molar-refractivity contribution in [1.29, 1.82) is 0 Å². The van der Waals surface area contributed by atoms with Gasteiger partial charge in [0.2, 0.25) is 0 Å². The van der Waals surface area contributed by atoms with Crippen LogP contribution in [0, 0.1) is 6.92 Å². The van der Waals surface area contributed by atoms with Crippen LogP contribution in [0.15, 0.2) is 34.8 Å². The van der Waals surface area contributed by atoms with Gasteiger partial charge in [0.25, 0.3) is 0 Å². The molecule has 17 heavy (non-hydrogen) atoms. The fourth-order valence-corrected chi connectivity index (χ4v) is 3.06. The molecule has 0 spiro atoms. The fraction of sp³-hybridized carbons (Fsp3) is 0.231. The minimum Gasteiger partial charge on any atom is -0.392 e. The normalized spacial score (nSPS) is 10.5. The number of hydrogen-bond donors (Lipinski definition) is 2. The maximum atomic E-state index is 8.95. The molecule has 0 aliphatic heterocycles. The summed E-state index contributed by atoms with van der Waals surface area (Å²) < 4.78 is 1.18. The Morgan fingerprint density at radius 2 is 2.00 bits per heavy atom. The van der Waals surface area contributed by atoms with Gasteiger partial charge in [0.1, 0.15) is 0 Å². The quantitative estimate of drug-likeness (QED) is 0.897. The molecule has 0 fully saturated rings. The van der Waals surface area contributed by atoms with Gasteiger partial charge in [0.05, 0.1) is 6.61 Å². The van der Waals surface area contributed by atoms with Crippen molar-refractivity contribution in [2.75, 3.05) is 5.32 Å². The summed E-state index contributed by atoms with van der Waals surface area (Å²) in [5.74, 6) is 0. The monoisotopic (exact) mass is 311 g/mol. The van der Waals surface area contributed by atoms with Gasteiger partial charge in [0.15, 0.2) is 0 Å². The van der Waals surface area contributed by atoms with Gasteiger partial charge in [-0.2, -0.15) is 0 Å². The van der Waals surface area contributed by atoms with Crippen LogP contribution in [0.2, 0.25) is 0 Å². The zero-order valence-corrected chi connectivity index (χ0v) is 11.9. The molecule has 2 rings (SSSR count). The molecule has 0 aliphatic carbocycles. The molecule has 2 nitrogen and oxygen atoms in total. The first kappa shape index (κ1) is 12.6. The molecule has 90 valence electrons. The molecule has 4 heteroatoms. The lowest BCUT2D eigenvalue weighted by Gasteiger charge is -2.05. The van der Waals surface area contributed by atoms with Gasteiger partial charge >= 0.3 is 0 Å². The number of benzene rings is 1. The van der Waals surface area contributed by atoms with Crippen molar-refractivity contribution in [1.82, 2.24) is 0 Å². The summed E-state index contributed by atoms with van der Waals surface area (Å²) in [5, 5.41) is 12.3. The molecule has 0 aliphatic rings. The lowest BCUT2D eigenvalue weighted by Crippen LogP contribution is -1.97. The summed E-state index contributed by atoms with van der Waals surface area (Å²) in [5.41, 5.74) is 2.01. The van der Waals surface area contributed by atoms with E-state index in [9.17, 15) is 0 Å². The van der Waals surface area contributed by atoms with Crippen LogP contribution in [0.3, 0.4) is 0 Å². The Labute approximate surface area is 113 Å². The summed E-state index contributed by atoms with van der Waals surface area (Å²) in [6.45, 7) is 3.03. The van der Waals surface area contributed by atoms with Gasteiger partial charge in [0, 0.05) is 26.5 Å². The standard InChI is InChI=1S/C13H14BrNOS/c1-9-13(14)6-12(17-9)7-15-11-4-2-10(8-16)3-5-11/h2-6,15-16H,7-8H2,1H3. The van der Waals surface area contributed by atoms with E-state index < -0.39 is 0 Å². The minimum absolute atomic E-state index is 0.0946. The van der Waals surface area contributed by atoms with Gasteiger partial charge in [-0.25, -0.2) is 0 Å². The third-order valence-electron chi connectivity index (χ3n) is 2.51. The molecule has 1 heterocycles. The van der Waals surface area contributed by atoms with E-state index in [0.717, 1.165) is 17.8 Å². The number of halogens is 1. The van der Waals surface area contributed by atoms with Gasteiger partial charge in [-0.1, -0.05) is 12.1 Å². The van der Waals surface area contributed by atoms with Crippen LogP contribution >= 0.6 is 27.3 Å². The van der Waals surface area contributed by atoms with E-state index in [1.54, 1.807) is 11.3 Å². The van der Waals surface area contributed by atoms with Crippen molar-refractivity contribution in [2.24, 2.45) is 0 Å². The summed E-state index contributed by atoms with van der Waals surface area (Å²) in [7, 11) is 0. The zero-order chi connectivity index (χ0) is 12.3. The van der Waals surface area contributed by atoms with Crippen LogP contribution in [0.1, 0.15) is 15.3 Å². The zero-order valence-electron chi connectivity index (χ0n) is 9.53. The Hall–Kier alpha value is -0.840. The van der Waals surface area contributed by atoms with Gasteiger partial charge in [-0.15, -0.1) is 11.3 Å². The van der Waals surface area contributed by atoms with Crippen LogP contribution < -0.4 is 5.32 Å². The predicted octanol–water partition coefficient (Wildman–Crippen LogP) is 3.92.